The van der Waals surface area contributed by atoms with E-state index in [0.29, 0.717) is 0 Å². The summed E-state index contributed by atoms with van der Waals surface area (Å²) < 4.78 is 0. The molecule has 13 heavy (non-hydrogen) atoms. The van der Waals surface area contributed by atoms with Crippen molar-refractivity contribution in [2.24, 2.45) is 11.8 Å². The van der Waals surface area contributed by atoms with Crippen molar-refractivity contribution in [2.45, 2.75) is 44.6 Å². The maximum absolute atomic E-state index is 3.85. The van der Waals surface area contributed by atoms with E-state index < -0.39 is 0 Å². The van der Waals surface area contributed by atoms with Crippen molar-refractivity contribution in [1.82, 2.24) is 4.90 Å². The van der Waals surface area contributed by atoms with Crippen molar-refractivity contribution in [1.29, 1.82) is 0 Å². The lowest BCUT2D eigenvalue weighted by atomic mass is 9.79. The molecule has 2 fully saturated rings. The van der Waals surface area contributed by atoms with E-state index >= 15 is 0 Å². The Hall–Kier alpha value is -0.460. The molecule has 1 heteroatoms. The van der Waals surface area contributed by atoms with E-state index in [0.717, 1.165) is 17.9 Å². The summed E-state index contributed by atoms with van der Waals surface area (Å²) in [4.78, 5) is 2.31. The fourth-order valence-corrected chi connectivity index (χ4v) is 3.20. The summed E-state index contributed by atoms with van der Waals surface area (Å²) in [5, 5.41) is 0. The number of hydrogen-bond donors (Lipinski definition) is 0. The first-order valence-electron chi connectivity index (χ1n) is 5.65. The molecular weight excluding hydrogens is 158 g/mol. The summed E-state index contributed by atoms with van der Waals surface area (Å²) in [6.07, 6.45) is 10.8. The van der Waals surface area contributed by atoms with Gasteiger partial charge >= 0.3 is 0 Å². The lowest BCUT2D eigenvalue weighted by molar-refractivity contribution is 0.167. The Morgan fingerprint density at radius 1 is 1.15 bits per heavy atom. The lowest BCUT2D eigenvalue weighted by Crippen LogP contribution is -2.34. The predicted molar refractivity (Wildman–Crippen MR) is 56.4 cm³/mol. The maximum atomic E-state index is 3.85. The van der Waals surface area contributed by atoms with Gasteiger partial charge in [0.15, 0.2) is 0 Å². The lowest BCUT2D eigenvalue weighted by Gasteiger charge is -2.36. The minimum atomic E-state index is 0.789. The van der Waals surface area contributed by atoms with E-state index in [1.54, 1.807) is 0 Å². The second-order valence-electron chi connectivity index (χ2n) is 4.77. The maximum Gasteiger partial charge on any atom is 0.0283 e. The van der Waals surface area contributed by atoms with Gasteiger partial charge in [-0.25, -0.2) is 0 Å². The van der Waals surface area contributed by atoms with Gasteiger partial charge in [0.05, 0.1) is 0 Å². The van der Waals surface area contributed by atoms with Gasteiger partial charge in [-0.1, -0.05) is 25.8 Å². The standard InChI is InChI=1S/C12H21N/c1-3-13(2)12-8-7-10-5-4-6-11(10)9-12/h3,10-12H,1,4-9H2,2H3. The summed E-state index contributed by atoms with van der Waals surface area (Å²) in [5.41, 5.74) is 0. The molecule has 0 saturated heterocycles. The highest BCUT2D eigenvalue weighted by atomic mass is 15.1. The van der Waals surface area contributed by atoms with Gasteiger partial charge < -0.3 is 4.90 Å². The Morgan fingerprint density at radius 2 is 1.92 bits per heavy atom. The summed E-state index contributed by atoms with van der Waals surface area (Å²) in [6, 6.07) is 0.789. The smallest absolute Gasteiger partial charge is 0.0283 e. The second-order valence-corrected chi connectivity index (χ2v) is 4.77. The molecule has 0 aromatic carbocycles. The van der Waals surface area contributed by atoms with E-state index in [-0.39, 0.29) is 0 Å². The molecule has 74 valence electrons. The average molecular weight is 179 g/mol. The van der Waals surface area contributed by atoms with E-state index in [1.165, 1.54) is 38.5 Å². The average Bonchev–Trinajstić information content (AvgIpc) is 2.63. The van der Waals surface area contributed by atoms with Crippen LogP contribution in [0.2, 0.25) is 0 Å². The van der Waals surface area contributed by atoms with E-state index in [9.17, 15) is 0 Å². The van der Waals surface area contributed by atoms with Crippen LogP contribution >= 0.6 is 0 Å². The van der Waals surface area contributed by atoms with Gasteiger partial charge in [0, 0.05) is 13.1 Å². The zero-order valence-electron chi connectivity index (χ0n) is 8.71. The third kappa shape index (κ3) is 1.74. The van der Waals surface area contributed by atoms with Crippen LogP contribution in [-0.2, 0) is 0 Å². The van der Waals surface area contributed by atoms with Crippen LogP contribution in [0.15, 0.2) is 12.8 Å². The fourth-order valence-electron chi connectivity index (χ4n) is 3.20. The van der Waals surface area contributed by atoms with Gasteiger partial charge in [-0.15, -0.1) is 0 Å². The number of fused-ring (bicyclic) bond motifs is 1. The van der Waals surface area contributed by atoms with Crippen LogP contribution in [0.4, 0.5) is 0 Å². The molecule has 0 bridgehead atoms. The molecule has 2 aliphatic carbocycles. The molecule has 0 N–H and O–H groups in total. The van der Waals surface area contributed by atoms with Gasteiger partial charge in [0.25, 0.3) is 0 Å². The minimum absolute atomic E-state index is 0.789. The van der Waals surface area contributed by atoms with Gasteiger partial charge in [0.2, 0.25) is 0 Å². The van der Waals surface area contributed by atoms with Crippen molar-refractivity contribution in [3.63, 3.8) is 0 Å². The molecular formula is C12H21N. The van der Waals surface area contributed by atoms with Crippen LogP contribution in [-0.4, -0.2) is 18.0 Å². The number of hydrogen-bond acceptors (Lipinski definition) is 1. The van der Waals surface area contributed by atoms with Gasteiger partial charge in [0.1, 0.15) is 0 Å². The third-order valence-electron chi connectivity index (χ3n) is 4.13. The van der Waals surface area contributed by atoms with Crippen LogP contribution in [0.5, 0.6) is 0 Å². The van der Waals surface area contributed by atoms with Crippen LogP contribution in [0.1, 0.15) is 38.5 Å². The Bertz CT molecular complexity index is 188. The molecule has 2 saturated carbocycles. The van der Waals surface area contributed by atoms with E-state index in [1.807, 2.05) is 6.20 Å². The molecule has 0 heterocycles. The molecule has 0 aliphatic heterocycles. The Kier molecular flexibility index (Phi) is 2.61. The van der Waals surface area contributed by atoms with Gasteiger partial charge in [-0.2, -0.15) is 0 Å². The number of nitrogens with zero attached hydrogens (tertiary/aromatic N) is 1. The van der Waals surface area contributed by atoms with Crippen LogP contribution in [0.3, 0.4) is 0 Å². The van der Waals surface area contributed by atoms with Crippen LogP contribution in [0, 0.1) is 11.8 Å². The fraction of sp³-hybridized carbons (Fsp3) is 0.833. The summed E-state index contributed by atoms with van der Waals surface area (Å²) >= 11 is 0. The molecule has 2 aliphatic rings. The first-order chi connectivity index (χ1) is 6.31. The zero-order chi connectivity index (χ0) is 9.26. The Morgan fingerprint density at radius 3 is 2.69 bits per heavy atom. The van der Waals surface area contributed by atoms with Crippen LogP contribution in [0.25, 0.3) is 0 Å². The predicted octanol–water partition coefficient (Wildman–Crippen LogP) is 3.03. The normalized spacial score (nSPS) is 38.4. The Labute approximate surface area is 81.8 Å². The van der Waals surface area contributed by atoms with E-state index in [4.69, 9.17) is 0 Å². The van der Waals surface area contributed by atoms with Crippen molar-refractivity contribution in [3.05, 3.63) is 12.8 Å². The molecule has 0 radical (unpaired) electrons. The quantitative estimate of drug-likeness (QED) is 0.630. The highest BCUT2D eigenvalue weighted by molar-refractivity contribution is 4.89. The molecule has 1 nitrogen and oxygen atoms in total. The first kappa shape index (κ1) is 9.11. The summed E-state index contributed by atoms with van der Waals surface area (Å²) in [6.45, 7) is 3.85. The molecule has 3 unspecified atom stereocenters. The third-order valence-corrected chi connectivity index (χ3v) is 4.13. The molecule has 2 rings (SSSR count). The topological polar surface area (TPSA) is 3.24 Å². The first-order valence-corrected chi connectivity index (χ1v) is 5.65. The molecule has 3 atom stereocenters. The zero-order valence-corrected chi connectivity index (χ0v) is 8.71. The van der Waals surface area contributed by atoms with Crippen LogP contribution < -0.4 is 0 Å². The van der Waals surface area contributed by atoms with Crippen molar-refractivity contribution < 1.29 is 0 Å². The van der Waals surface area contributed by atoms with Crippen molar-refractivity contribution >= 4 is 0 Å². The van der Waals surface area contributed by atoms with Gasteiger partial charge in [-0.3, -0.25) is 0 Å². The summed E-state index contributed by atoms with van der Waals surface area (Å²) in [5.74, 6) is 2.12. The molecule has 0 aromatic rings. The van der Waals surface area contributed by atoms with E-state index in [2.05, 4.69) is 18.5 Å². The molecule has 0 spiro atoms. The molecule has 0 aromatic heterocycles. The van der Waals surface area contributed by atoms with Crippen molar-refractivity contribution in [2.75, 3.05) is 7.05 Å². The largest absolute Gasteiger partial charge is 0.378 e. The Balaban J connectivity index is 1.93. The SMILES string of the molecule is C=CN(C)C1CCC2CCCC2C1. The van der Waals surface area contributed by atoms with Gasteiger partial charge in [-0.05, 0) is 37.3 Å². The highest BCUT2D eigenvalue weighted by Crippen LogP contribution is 2.43. The molecule has 0 amide bonds. The van der Waals surface area contributed by atoms with Crippen molar-refractivity contribution in [3.8, 4) is 0 Å². The number of rotatable bonds is 2. The monoisotopic (exact) mass is 179 g/mol. The summed E-state index contributed by atoms with van der Waals surface area (Å²) in [7, 11) is 2.17. The highest BCUT2D eigenvalue weighted by Gasteiger charge is 2.34. The minimum Gasteiger partial charge on any atom is -0.378 e. The second kappa shape index (κ2) is 3.73.